The fourth-order valence-electron chi connectivity index (χ4n) is 2.09. The Morgan fingerprint density at radius 2 is 2.27 bits per heavy atom. The lowest BCUT2D eigenvalue weighted by molar-refractivity contribution is -0.276. The van der Waals surface area contributed by atoms with Gasteiger partial charge in [0.15, 0.2) is 0 Å². The van der Waals surface area contributed by atoms with Crippen LogP contribution in [0.25, 0.3) is 0 Å². The number of fused-ring (bicyclic) bond motifs is 1. The molecule has 62 valence electrons. The lowest BCUT2D eigenvalue weighted by atomic mass is 9.91. The minimum atomic E-state index is -1.10. The minimum absolute atomic E-state index is 0.0509. The summed E-state index contributed by atoms with van der Waals surface area (Å²) in [5.41, 5.74) is 0. The molecular formula is C7H10NO3-. The number of hydrogen-bond acceptors (Lipinski definition) is 3. The van der Waals surface area contributed by atoms with Crippen molar-refractivity contribution in [2.45, 2.75) is 25.0 Å². The molecule has 3 atom stereocenters. The third-order valence-corrected chi connectivity index (χ3v) is 2.79. The van der Waals surface area contributed by atoms with E-state index < -0.39 is 6.09 Å². The molecule has 0 radical (unpaired) electrons. The van der Waals surface area contributed by atoms with Gasteiger partial charge in [0.05, 0.1) is 6.10 Å². The zero-order valence-corrected chi connectivity index (χ0v) is 6.06. The Kier molecular flexibility index (Phi) is 1.32. The number of aliphatic hydroxyl groups is 1. The van der Waals surface area contributed by atoms with Gasteiger partial charge in [-0.25, -0.2) is 0 Å². The molecule has 0 aromatic heterocycles. The van der Waals surface area contributed by atoms with E-state index in [2.05, 4.69) is 0 Å². The van der Waals surface area contributed by atoms with Crippen molar-refractivity contribution in [3.05, 3.63) is 0 Å². The Morgan fingerprint density at radius 3 is 2.82 bits per heavy atom. The molecule has 11 heavy (non-hydrogen) atoms. The fourth-order valence-corrected chi connectivity index (χ4v) is 2.09. The summed E-state index contributed by atoms with van der Waals surface area (Å²) in [6.45, 7) is 0.466. The highest BCUT2D eigenvalue weighted by molar-refractivity contribution is 5.64. The van der Waals surface area contributed by atoms with Crippen molar-refractivity contribution in [2.75, 3.05) is 6.54 Å². The number of amides is 1. The van der Waals surface area contributed by atoms with Gasteiger partial charge in [0.2, 0.25) is 0 Å². The lowest BCUT2D eigenvalue weighted by Gasteiger charge is -2.47. The average Bonchev–Trinajstić information content (AvgIpc) is 2.06. The Hall–Kier alpha value is -0.770. The summed E-state index contributed by atoms with van der Waals surface area (Å²) in [7, 11) is 0. The molecule has 1 amide bonds. The first-order chi connectivity index (χ1) is 5.20. The van der Waals surface area contributed by atoms with Gasteiger partial charge in [0.25, 0.3) is 0 Å². The standard InChI is InChI=1S/C7H11NO3/c9-6-2-1-5-4(6)3-8(5)7(10)11/h4-6,9H,1-3H2,(H,10,11)/p-1. The molecule has 2 fully saturated rings. The van der Waals surface area contributed by atoms with E-state index in [1.165, 1.54) is 4.90 Å². The van der Waals surface area contributed by atoms with Crippen LogP contribution >= 0.6 is 0 Å². The van der Waals surface area contributed by atoms with Crippen molar-refractivity contribution in [2.24, 2.45) is 5.92 Å². The molecule has 4 nitrogen and oxygen atoms in total. The second kappa shape index (κ2) is 2.11. The molecule has 0 aromatic carbocycles. The average molecular weight is 156 g/mol. The van der Waals surface area contributed by atoms with Gasteiger partial charge in [0, 0.05) is 18.5 Å². The van der Waals surface area contributed by atoms with Gasteiger partial charge < -0.3 is 19.9 Å². The van der Waals surface area contributed by atoms with Crippen molar-refractivity contribution >= 4 is 6.09 Å². The highest BCUT2D eigenvalue weighted by Crippen LogP contribution is 2.38. The molecule has 2 aliphatic rings. The van der Waals surface area contributed by atoms with Crippen molar-refractivity contribution < 1.29 is 15.0 Å². The van der Waals surface area contributed by atoms with Crippen LogP contribution in [0.2, 0.25) is 0 Å². The molecule has 3 unspecified atom stereocenters. The van der Waals surface area contributed by atoms with Crippen LogP contribution in [0.4, 0.5) is 4.79 Å². The smallest absolute Gasteiger partial charge is 0.137 e. The van der Waals surface area contributed by atoms with E-state index in [1.54, 1.807) is 0 Å². The van der Waals surface area contributed by atoms with Crippen molar-refractivity contribution in [3.63, 3.8) is 0 Å². The molecule has 1 aliphatic carbocycles. The highest BCUT2D eigenvalue weighted by Gasteiger charge is 2.47. The van der Waals surface area contributed by atoms with Gasteiger partial charge in [-0.3, -0.25) is 0 Å². The van der Waals surface area contributed by atoms with Crippen LogP contribution in [0, 0.1) is 5.92 Å². The molecule has 1 saturated heterocycles. The second-order valence-corrected chi connectivity index (χ2v) is 3.29. The number of carbonyl (C=O) groups excluding carboxylic acids is 1. The molecule has 1 heterocycles. The molecule has 1 aliphatic heterocycles. The predicted octanol–water partition coefficient (Wildman–Crippen LogP) is -1.22. The fraction of sp³-hybridized carbons (Fsp3) is 0.857. The molecule has 1 saturated carbocycles. The first-order valence-corrected chi connectivity index (χ1v) is 3.86. The van der Waals surface area contributed by atoms with Crippen LogP contribution in [-0.4, -0.2) is 34.8 Å². The Morgan fingerprint density at radius 1 is 1.55 bits per heavy atom. The summed E-state index contributed by atoms with van der Waals surface area (Å²) in [6, 6.07) is 0.0509. The van der Waals surface area contributed by atoms with Crippen molar-refractivity contribution in [3.8, 4) is 0 Å². The third-order valence-electron chi connectivity index (χ3n) is 2.79. The minimum Gasteiger partial charge on any atom is -0.530 e. The number of nitrogens with zero attached hydrogens (tertiary/aromatic N) is 1. The van der Waals surface area contributed by atoms with Crippen LogP contribution in [0.3, 0.4) is 0 Å². The molecule has 0 aromatic rings. The van der Waals surface area contributed by atoms with Crippen molar-refractivity contribution in [1.82, 2.24) is 4.90 Å². The normalized spacial score (nSPS) is 41.5. The summed E-state index contributed by atoms with van der Waals surface area (Å²) < 4.78 is 0. The van der Waals surface area contributed by atoms with Crippen molar-refractivity contribution in [1.29, 1.82) is 0 Å². The number of aliphatic hydroxyl groups excluding tert-OH is 1. The molecule has 1 N–H and O–H groups in total. The molecule has 0 bridgehead atoms. The maximum Gasteiger partial charge on any atom is 0.137 e. The number of rotatable bonds is 0. The topological polar surface area (TPSA) is 63.6 Å². The Balaban J connectivity index is 2.01. The lowest BCUT2D eigenvalue weighted by Crippen LogP contribution is -2.61. The summed E-state index contributed by atoms with van der Waals surface area (Å²) >= 11 is 0. The van der Waals surface area contributed by atoms with E-state index in [-0.39, 0.29) is 18.1 Å². The maximum atomic E-state index is 10.4. The van der Waals surface area contributed by atoms with E-state index in [0.29, 0.717) is 6.54 Å². The van der Waals surface area contributed by atoms with Gasteiger partial charge in [-0.2, -0.15) is 0 Å². The summed E-state index contributed by atoms with van der Waals surface area (Å²) in [5, 5.41) is 19.6. The Bertz CT molecular complexity index is 194. The van der Waals surface area contributed by atoms with Crippen LogP contribution in [-0.2, 0) is 0 Å². The largest absolute Gasteiger partial charge is 0.530 e. The second-order valence-electron chi connectivity index (χ2n) is 3.29. The first kappa shape index (κ1) is 6.91. The zero-order chi connectivity index (χ0) is 8.01. The monoisotopic (exact) mass is 156 g/mol. The van der Waals surface area contributed by atoms with E-state index in [0.717, 1.165) is 12.8 Å². The van der Waals surface area contributed by atoms with E-state index in [9.17, 15) is 15.0 Å². The first-order valence-electron chi connectivity index (χ1n) is 3.86. The number of carboxylic acid groups (broad SMARTS) is 1. The third kappa shape index (κ3) is 0.822. The van der Waals surface area contributed by atoms with E-state index in [1.807, 2.05) is 0 Å². The summed E-state index contributed by atoms with van der Waals surface area (Å²) in [4.78, 5) is 11.7. The van der Waals surface area contributed by atoms with E-state index in [4.69, 9.17) is 0 Å². The van der Waals surface area contributed by atoms with Gasteiger partial charge >= 0.3 is 0 Å². The quantitative estimate of drug-likeness (QED) is 0.478. The Labute approximate surface area is 64.4 Å². The molecule has 0 spiro atoms. The van der Waals surface area contributed by atoms with Crippen LogP contribution < -0.4 is 5.11 Å². The van der Waals surface area contributed by atoms with Gasteiger partial charge in [-0.05, 0) is 12.8 Å². The van der Waals surface area contributed by atoms with Crippen LogP contribution in [0.1, 0.15) is 12.8 Å². The van der Waals surface area contributed by atoms with Crippen LogP contribution in [0.5, 0.6) is 0 Å². The van der Waals surface area contributed by atoms with E-state index >= 15 is 0 Å². The van der Waals surface area contributed by atoms with Gasteiger partial charge in [0.1, 0.15) is 6.09 Å². The number of likely N-dealkylation sites (tertiary alicyclic amines) is 1. The number of carbonyl (C=O) groups is 1. The summed E-state index contributed by atoms with van der Waals surface area (Å²) in [5.74, 6) is 0.188. The SMILES string of the molecule is O=C([O-])N1CC2C(O)CCC21. The van der Waals surface area contributed by atoms with Gasteiger partial charge in [-0.15, -0.1) is 0 Å². The highest BCUT2D eigenvalue weighted by atomic mass is 16.4. The number of hydrogen-bond donors (Lipinski definition) is 1. The molecule has 2 rings (SSSR count). The van der Waals surface area contributed by atoms with Gasteiger partial charge in [-0.1, -0.05) is 0 Å². The maximum absolute atomic E-state index is 10.4. The molecule has 4 heteroatoms. The zero-order valence-electron chi connectivity index (χ0n) is 6.06. The predicted molar refractivity (Wildman–Crippen MR) is 34.6 cm³/mol. The van der Waals surface area contributed by atoms with Crippen LogP contribution in [0.15, 0.2) is 0 Å². The summed E-state index contributed by atoms with van der Waals surface area (Å²) in [6.07, 6.45) is 0.148. The molecular weight excluding hydrogens is 146 g/mol.